The van der Waals surface area contributed by atoms with Gasteiger partial charge in [-0.05, 0) is 121 Å². The maximum atomic E-state index is 13.7. The van der Waals surface area contributed by atoms with Crippen LogP contribution in [0.2, 0.25) is 0 Å². The van der Waals surface area contributed by atoms with E-state index in [1.54, 1.807) is 32.9 Å². The van der Waals surface area contributed by atoms with Gasteiger partial charge in [0.05, 0.1) is 0 Å². The number of furan rings is 2. The highest BCUT2D eigenvalue weighted by Gasteiger charge is 2.19. The molecule has 0 spiro atoms. The molecule has 3 N–H and O–H groups in total. The Morgan fingerprint density at radius 3 is 1.79 bits per heavy atom. The summed E-state index contributed by atoms with van der Waals surface area (Å²) in [6, 6.07) is 9.00. The van der Waals surface area contributed by atoms with Crippen LogP contribution in [0.5, 0.6) is 0 Å². The van der Waals surface area contributed by atoms with Crippen molar-refractivity contribution in [1.29, 1.82) is 0 Å². The lowest BCUT2D eigenvalue weighted by molar-refractivity contribution is 0.0508. The summed E-state index contributed by atoms with van der Waals surface area (Å²) in [5.74, 6) is -0.591. The summed E-state index contributed by atoms with van der Waals surface area (Å²) < 4.78 is 44.3. The fraction of sp³-hybridized carbons (Fsp3) is 0.370. The third kappa shape index (κ3) is 9.25. The minimum atomic E-state index is -0.554. The van der Waals surface area contributed by atoms with Crippen LogP contribution in [0, 0.1) is 11.6 Å². The molecule has 2 aromatic heterocycles. The molecule has 0 aliphatic carbocycles. The van der Waals surface area contributed by atoms with Crippen molar-refractivity contribution in [2.75, 3.05) is 0 Å². The number of rotatable bonds is 5. The van der Waals surface area contributed by atoms with Crippen LogP contribution in [0.15, 0.2) is 54.6 Å². The number of alkyl carbamates (subject to hydrolysis) is 1. The first-order valence-corrected chi connectivity index (χ1v) is 13.3. The molecule has 0 aliphatic heterocycles. The molecule has 2 heterocycles. The number of carbonyl (C=O) groups excluding carboxylic acids is 1. The maximum Gasteiger partial charge on any atom is 0.407 e. The zero-order valence-corrected chi connectivity index (χ0v) is 25.7. The topological polar surface area (TPSA) is 90.6 Å². The molecule has 0 saturated carbocycles. The van der Waals surface area contributed by atoms with Gasteiger partial charge in [-0.2, -0.15) is 0 Å². The molecule has 38 heavy (non-hydrogen) atoms. The summed E-state index contributed by atoms with van der Waals surface area (Å²) in [5.41, 5.74) is 7.98. The lowest BCUT2D eigenvalue weighted by Gasteiger charge is -2.22. The summed E-state index contributed by atoms with van der Waals surface area (Å²) in [4.78, 5) is 11.8. The zero-order valence-electron chi connectivity index (χ0n) is 21.7. The van der Waals surface area contributed by atoms with Gasteiger partial charge in [-0.1, -0.05) is 0 Å². The van der Waals surface area contributed by atoms with Crippen molar-refractivity contribution in [3.05, 3.63) is 68.5 Å². The first-order chi connectivity index (χ1) is 17.2. The van der Waals surface area contributed by atoms with Crippen LogP contribution < -0.4 is 11.1 Å². The number of nitrogens with one attached hydrogen (secondary N) is 1. The van der Waals surface area contributed by atoms with Gasteiger partial charge in [0.15, 0.2) is 9.34 Å². The summed E-state index contributed by atoms with van der Waals surface area (Å²) in [7, 11) is 0. The van der Waals surface area contributed by atoms with Gasteiger partial charge < -0.3 is 24.6 Å². The fourth-order valence-electron chi connectivity index (χ4n) is 3.85. The average Bonchev–Trinajstić information content (AvgIpc) is 3.27. The number of hydrogen-bond acceptors (Lipinski definition) is 5. The largest absolute Gasteiger partial charge is 0.449 e. The molecule has 4 rings (SSSR count). The number of nitrogens with two attached hydrogens (primary N) is 1. The molecule has 6 nitrogen and oxygen atoms in total. The molecule has 0 saturated heterocycles. The quantitative estimate of drug-likeness (QED) is 0.221. The van der Waals surface area contributed by atoms with Crippen LogP contribution >= 0.6 is 44.3 Å². The van der Waals surface area contributed by atoms with Gasteiger partial charge in [0.25, 0.3) is 0 Å². The number of halogens is 5. The third-order valence-corrected chi connectivity index (χ3v) is 5.87. The van der Waals surface area contributed by atoms with Crippen molar-refractivity contribution < 1.29 is 27.1 Å². The van der Waals surface area contributed by atoms with E-state index in [4.69, 9.17) is 19.3 Å². The van der Waals surface area contributed by atoms with Crippen LogP contribution in [0.25, 0.3) is 21.9 Å². The van der Waals surface area contributed by atoms with Crippen molar-refractivity contribution in [3.8, 4) is 0 Å². The summed E-state index contributed by atoms with van der Waals surface area (Å²) in [5, 5.41) is 4.19. The van der Waals surface area contributed by atoms with E-state index in [0.29, 0.717) is 44.3 Å². The first-order valence-electron chi connectivity index (χ1n) is 11.7. The molecule has 2 aromatic carbocycles. The number of benzene rings is 2. The second-order valence-corrected chi connectivity index (χ2v) is 11.6. The average molecular weight is 681 g/mol. The number of ether oxygens (including phenoxy) is 1. The second kappa shape index (κ2) is 13.3. The minimum absolute atomic E-state index is 0. The van der Waals surface area contributed by atoms with Gasteiger partial charge in [-0.25, -0.2) is 13.6 Å². The number of carbonyl (C=O) groups is 1. The van der Waals surface area contributed by atoms with Gasteiger partial charge in [-0.3, -0.25) is 0 Å². The fourth-order valence-corrected chi connectivity index (χ4v) is 4.66. The minimum Gasteiger partial charge on any atom is -0.449 e. The Balaban J connectivity index is 0.000000277. The molecule has 0 radical (unpaired) electrons. The summed E-state index contributed by atoms with van der Waals surface area (Å²) in [6.07, 6.45) is 0.551. The zero-order chi connectivity index (χ0) is 27.5. The first kappa shape index (κ1) is 32.1. The van der Waals surface area contributed by atoms with Crippen molar-refractivity contribution in [3.63, 3.8) is 0 Å². The van der Waals surface area contributed by atoms with Crippen LogP contribution in [0.3, 0.4) is 0 Å². The van der Waals surface area contributed by atoms with E-state index >= 15 is 0 Å². The van der Waals surface area contributed by atoms with E-state index < -0.39 is 11.7 Å². The second-order valence-electron chi connectivity index (χ2n) is 10.0. The molecule has 1 amide bonds. The Morgan fingerprint density at radius 1 is 0.921 bits per heavy atom. The molecule has 4 aromatic rings. The van der Waals surface area contributed by atoms with E-state index in [1.165, 1.54) is 24.3 Å². The predicted octanol–water partition coefficient (Wildman–Crippen LogP) is 8.44. The molecule has 0 aliphatic rings. The summed E-state index contributed by atoms with van der Waals surface area (Å²) in [6.45, 7) is 9.11. The van der Waals surface area contributed by atoms with E-state index in [-0.39, 0.29) is 36.1 Å². The van der Waals surface area contributed by atoms with Crippen molar-refractivity contribution in [2.24, 2.45) is 5.73 Å². The Kier molecular flexibility index (Phi) is 11.2. The van der Waals surface area contributed by atoms with Crippen molar-refractivity contribution in [2.45, 2.75) is 65.1 Å². The molecular formula is C27H31Br2ClF2N2O4. The third-order valence-electron chi connectivity index (χ3n) is 5.09. The van der Waals surface area contributed by atoms with Gasteiger partial charge in [-0.15, -0.1) is 12.4 Å². The normalized spacial score (nSPS) is 12.9. The van der Waals surface area contributed by atoms with E-state index in [2.05, 4.69) is 37.2 Å². The van der Waals surface area contributed by atoms with Crippen LogP contribution in [-0.2, 0) is 17.6 Å². The van der Waals surface area contributed by atoms with Gasteiger partial charge in [0, 0.05) is 28.4 Å². The smallest absolute Gasteiger partial charge is 0.407 e. The highest BCUT2D eigenvalue weighted by molar-refractivity contribution is 9.10. The predicted molar refractivity (Wildman–Crippen MR) is 155 cm³/mol. The Bertz CT molecular complexity index is 1400. The van der Waals surface area contributed by atoms with Crippen LogP contribution in [0.4, 0.5) is 13.6 Å². The Labute approximate surface area is 243 Å². The Hall–Kier alpha value is -2.14. The van der Waals surface area contributed by atoms with Gasteiger partial charge >= 0.3 is 6.09 Å². The number of hydrogen-bond donors (Lipinski definition) is 2. The molecule has 0 fully saturated rings. The SMILES string of the molecule is CC(Cc1cc(F)cc2cc(Br)oc12)NC(=O)OC(C)(C)C.CC(N)Cc1cc(F)cc2cc(Br)oc12.Cl. The molecule has 11 heteroatoms. The van der Waals surface area contributed by atoms with Crippen molar-refractivity contribution in [1.82, 2.24) is 5.32 Å². The molecule has 2 atom stereocenters. The summed E-state index contributed by atoms with van der Waals surface area (Å²) >= 11 is 6.47. The molecule has 0 bridgehead atoms. The van der Waals surface area contributed by atoms with Crippen LogP contribution in [-0.4, -0.2) is 23.8 Å². The lowest BCUT2D eigenvalue weighted by Crippen LogP contribution is -2.38. The van der Waals surface area contributed by atoms with Gasteiger partial charge in [0.2, 0.25) is 0 Å². The van der Waals surface area contributed by atoms with E-state index in [0.717, 1.165) is 10.9 Å². The number of amides is 1. The maximum absolute atomic E-state index is 13.7. The monoisotopic (exact) mass is 678 g/mol. The van der Waals surface area contributed by atoms with E-state index in [9.17, 15) is 13.6 Å². The lowest BCUT2D eigenvalue weighted by atomic mass is 10.0. The standard InChI is InChI=1S/C16H19BrFNO3.C11H11BrFNO.ClH/c1-9(19-15(20)22-16(2,3)4)5-10-6-12(18)7-11-8-13(17)21-14(10)11;1-6(14)2-7-3-9(13)4-8-5-10(12)15-11(7)8;/h6-9H,5H2,1-4H3,(H,19,20);3-6H,2,14H2,1H3;1H. The van der Waals surface area contributed by atoms with E-state index in [1.807, 2.05) is 13.8 Å². The molecule has 2 unspecified atom stereocenters. The van der Waals surface area contributed by atoms with Crippen LogP contribution in [0.1, 0.15) is 45.7 Å². The Morgan fingerprint density at radius 2 is 1.37 bits per heavy atom. The number of fused-ring (bicyclic) bond motifs is 2. The van der Waals surface area contributed by atoms with Gasteiger partial charge in [0.1, 0.15) is 28.4 Å². The highest BCUT2D eigenvalue weighted by atomic mass is 79.9. The highest BCUT2D eigenvalue weighted by Crippen LogP contribution is 2.29. The van der Waals surface area contributed by atoms with Crippen molar-refractivity contribution >= 4 is 72.3 Å². The molecular weight excluding hydrogens is 650 g/mol. The molecule has 208 valence electrons.